The first-order valence-corrected chi connectivity index (χ1v) is 7.95. The maximum Gasteiger partial charge on any atom is 0.257 e. The lowest BCUT2D eigenvalue weighted by Gasteiger charge is -2.26. The van der Waals surface area contributed by atoms with E-state index in [0.29, 0.717) is 44.0 Å². The van der Waals surface area contributed by atoms with E-state index in [4.69, 9.17) is 9.15 Å². The number of nitrogens with zero attached hydrogens (tertiary/aromatic N) is 4. The lowest BCUT2D eigenvalue weighted by atomic mass is 10.1. The molecule has 2 aromatic heterocycles. The first-order chi connectivity index (χ1) is 11.1. The summed E-state index contributed by atoms with van der Waals surface area (Å²) in [5.74, 6) is 2.39. The summed E-state index contributed by atoms with van der Waals surface area (Å²) in [6.07, 6.45) is 2.24. The minimum atomic E-state index is 0.00817. The van der Waals surface area contributed by atoms with Gasteiger partial charge in [0.15, 0.2) is 5.82 Å². The summed E-state index contributed by atoms with van der Waals surface area (Å²) in [5.41, 5.74) is 0.629. The number of aromatic nitrogens is 3. The van der Waals surface area contributed by atoms with Crippen molar-refractivity contribution in [2.75, 3.05) is 13.2 Å². The van der Waals surface area contributed by atoms with Crippen molar-refractivity contribution in [1.82, 2.24) is 19.7 Å². The third kappa shape index (κ3) is 3.01. The molecule has 0 N–H and O–H groups in total. The molecule has 1 atom stereocenters. The zero-order valence-electron chi connectivity index (χ0n) is 13.8. The standard InChI is InChI=1S/C16H22N4O3/c1-4-22-10-15-18-17-14-9-11(2)19(6-7-20(14)15)16(21)13-5-8-23-12(13)3/h5,8,11H,4,6-7,9-10H2,1-3H3/t11-/m1/s1. The number of amides is 1. The zero-order valence-corrected chi connectivity index (χ0v) is 13.8. The van der Waals surface area contributed by atoms with Crippen LogP contribution in [-0.2, 0) is 24.3 Å². The summed E-state index contributed by atoms with van der Waals surface area (Å²) in [6, 6.07) is 1.79. The Balaban J connectivity index is 1.79. The third-order valence-corrected chi connectivity index (χ3v) is 4.26. The van der Waals surface area contributed by atoms with Crippen molar-refractivity contribution in [3.63, 3.8) is 0 Å². The highest BCUT2D eigenvalue weighted by Gasteiger charge is 2.29. The Hall–Kier alpha value is -2.15. The SMILES string of the molecule is CCOCc1nnc2n1CCN(C(=O)c1ccoc1C)[C@H](C)C2. The molecular weight excluding hydrogens is 296 g/mol. The van der Waals surface area contributed by atoms with Gasteiger partial charge in [-0.3, -0.25) is 4.79 Å². The number of ether oxygens (including phenoxy) is 1. The number of rotatable bonds is 4. The number of hydrogen-bond donors (Lipinski definition) is 0. The van der Waals surface area contributed by atoms with Crippen LogP contribution in [0.4, 0.5) is 0 Å². The highest BCUT2D eigenvalue weighted by Crippen LogP contribution is 2.19. The van der Waals surface area contributed by atoms with Crippen LogP contribution in [0.1, 0.15) is 41.6 Å². The molecule has 23 heavy (non-hydrogen) atoms. The fourth-order valence-corrected chi connectivity index (χ4v) is 2.95. The quantitative estimate of drug-likeness (QED) is 0.859. The molecule has 0 bridgehead atoms. The first kappa shape index (κ1) is 15.7. The second kappa shape index (κ2) is 6.54. The van der Waals surface area contributed by atoms with Gasteiger partial charge >= 0.3 is 0 Å². The molecule has 0 aliphatic carbocycles. The van der Waals surface area contributed by atoms with E-state index in [1.165, 1.54) is 0 Å². The van der Waals surface area contributed by atoms with Gasteiger partial charge in [-0.15, -0.1) is 10.2 Å². The molecule has 0 fully saturated rings. The lowest BCUT2D eigenvalue weighted by Crippen LogP contribution is -2.40. The highest BCUT2D eigenvalue weighted by molar-refractivity contribution is 5.95. The fourth-order valence-electron chi connectivity index (χ4n) is 2.95. The van der Waals surface area contributed by atoms with Crippen LogP contribution in [0, 0.1) is 6.92 Å². The summed E-state index contributed by atoms with van der Waals surface area (Å²) < 4.78 is 12.8. The van der Waals surface area contributed by atoms with E-state index in [9.17, 15) is 4.79 Å². The van der Waals surface area contributed by atoms with E-state index in [2.05, 4.69) is 14.8 Å². The number of aryl methyl sites for hydroxylation is 1. The Kier molecular flexibility index (Phi) is 4.47. The van der Waals surface area contributed by atoms with Crippen molar-refractivity contribution in [1.29, 1.82) is 0 Å². The minimum absolute atomic E-state index is 0.00817. The number of carbonyl (C=O) groups excluding carboxylic acids is 1. The second-order valence-corrected chi connectivity index (χ2v) is 5.76. The maximum atomic E-state index is 12.8. The van der Waals surface area contributed by atoms with Gasteiger partial charge in [0.2, 0.25) is 0 Å². The van der Waals surface area contributed by atoms with Gasteiger partial charge in [-0.2, -0.15) is 0 Å². The lowest BCUT2D eigenvalue weighted by molar-refractivity contribution is 0.0692. The molecule has 0 unspecified atom stereocenters. The molecule has 3 heterocycles. The van der Waals surface area contributed by atoms with Crippen molar-refractivity contribution < 1.29 is 13.9 Å². The van der Waals surface area contributed by atoms with E-state index >= 15 is 0 Å². The molecule has 1 aliphatic heterocycles. The van der Waals surface area contributed by atoms with Crippen molar-refractivity contribution in [2.24, 2.45) is 0 Å². The van der Waals surface area contributed by atoms with Crippen molar-refractivity contribution in [2.45, 2.75) is 46.4 Å². The van der Waals surface area contributed by atoms with Crippen molar-refractivity contribution >= 4 is 5.91 Å². The van der Waals surface area contributed by atoms with Crippen molar-refractivity contribution in [3.05, 3.63) is 35.3 Å². The Morgan fingerprint density at radius 1 is 1.43 bits per heavy atom. The van der Waals surface area contributed by atoms with Crippen LogP contribution < -0.4 is 0 Å². The monoisotopic (exact) mass is 318 g/mol. The van der Waals surface area contributed by atoms with Gasteiger partial charge in [0.25, 0.3) is 5.91 Å². The number of hydrogen-bond acceptors (Lipinski definition) is 5. The van der Waals surface area contributed by atoms with Gasteiger partial charge in [-0.05, 0) is 26.8 Å². The minimum Gasteiger partial charge on any atom is -0.469 e. The van der Waals surface area contributed by atoms with Crippen LogP contribution in [0.15, 0.2) is 16.7 Å². The average molecular weight is 318 g/mol. The summed E-state index contributed by atoms with van der Waals surface area (Å²) >= 11 is 0. The smallest absolute Gasteiger partial charge is 0.257 e. The summed E-state index contributed by atoms with van der Waals surface area (Å²) in [5, 5.41) is 8.49. The van der Waals surface area contributed by atoms with E-state index in [1.807, 2.05) is 25.7 Å². The molecule has 0 saturated heterocycles. The van der Waals surface area contributed by atoms with Gasteiger partial charge in [0, 0.05) is 32.2 Å². The Morgan fingerprint density at radius 3 is 2.96 bits per heavy atom. The van der Waals surface area contributed by atoms with Crippen LogP contribution in [0.2, 0.25) is 0 Å². The number of carbonyl (C=O) groups is 1. The highest BCUT2D eigenvalue weighted by atomic mass is 16.5. The third-order valence-electron chi connectivity index (χ3n) is 4.26. The number of furan rings is 1. The molecular formula is C16H22N4O3. The zero-order chi connectivity index (χ0) is 16.4. The molecule has 2 aromatic rings. The van der Waals surface area contributed by atoms with Crippen molar-refractivity contribution in [3.8, 4) is 0 Å². The fraction of sp³-hybridized carbons (Fsp3) is 0.562. The van der Waals surface area contributed by atoms with Crippen LogP contribution in [0.25, 0.3) is 0 Å². The van der Waals surface area contributed by atoms with E-state index in [1.54, 1.807) is 12.3 Å². The summed E-state index contributed by atoms with van der Waals surface area (Å²) in [6.45, 7) is 8.20. The van der Waals surface area contributed by atoms with Crippen LogP contribution in [-0.4, -0.2) is 44.8 Å². The molecule has 0 aromatic carbocycles. The predicted octanol–water partition coefficient (Wildman–Crippen LogP) is 1.80. The topological polar surface area (TPSA) is 73.4 Å². The largest absolute Gasteiger partial charge is 0.469 e. The molecule has 0 radical (unpaired) electrons. The van der Waals surface area contributed by atoms with E-state index in [-0.39, 0.29) is 11.9 Å². The summed E-state index contributed by atoms with van der Waals surface area (Å²) in [7, 11) is 0. The molecule has 7 heteroatoms. The molecule has 0 saturated carbocycles. The normalized spacial score (nSPS) is 17.9. The van der Waals surface area contributed by atoms with E-state index < -0.39 is 0 Å². The summed E-state index contributed by atoms with van der Waals surface area (Å²) in [4.78, 5) is 14.7. The van der Waals surface area contributed by atoms with Gasteiger partial charge in [-0.1, -0.05) is 0 Å². The van der Waals surface area contributed by atoms with Gasteiger partial charge in [-0.25, -0.2) is 0 Å². The molecule has 7 nitrogen and oxygen atoms in total. The molecule has 124 valence electrons. The van der Waals surface area contributed by atoms with Gasteiger partial charge in [0.1, 0.15) is 18.2 Å². The molecule has 3 rings (SSSR count). The van der Waals surface area contributed by atoms with Crippen LogP contribution in [0.5, 0.6) is 0 Å². The van der Waals surface area contributed by atoms with Gasteiger partial charge in [0.05, 0.1) is 11.8 Å². The molecule has 1 amide bonds. The molecule has 0 spiro atoms. The Morgan fingerprint density at radius 2 is 2.26 bits per heavy atom. The molecule has 1 aliphatic rings. The average Bonchev–Trinajstić information content (AvgIpc) is 3.08. The van der Waals surface area contributed by atoms with Gasteiger partial charge < -0.3 is 18.6 Å². The Bertz CT molecular complexity index is 691. The van der Waals surface area contributed by atoms with Crippen LogP contribution >= 0.6 is 0 Å². The predicted molar refractivity (Wildman–Crippen MR) is 83.0 cm³/mol. The number of fused-ring (bicyclic) bond motifs is 1. The van der Waals surface area contributed by atoms with Crippen LogP contribution in [0.3, 0.4) is 0 Å². The maximum absolute atomic E-state index is 12.8. The Labute approximate surface area is 135 Å². The first-order valence-electron chi connectivity index (χ1n) is 7.95. The van der Waals surface area contributed by atoms with E-state index in [0.717, 1.165) is 11.6 Å². The second-order valence-electron chi connectivity index (χ2n) is 5.76.